The minimum absolute atomic E-state index is 0.757. The molecule has 1 N–H and O–H groups in total. The highest BCUT2D eigenvalue weighted by Gasteiger charge is 2.22. The van der Waals surface area contributed by atoms with E-state index in [1.165, 1.54) is 37.7 Å². The molecule has 1 fully saturated rings. The highest BCUT2D eigenvalue weighted by Crippen LogP contribution is 2.29. The predicted molar refractivity (Wildman–Crippen MR) is 76.4 cm³/mol. The summed E-state index contributed by atoms with van der Waals surface area (Å²) in [7, 11) is 0. The predicted octanol–water partition coefficient (Wildman–Crippen LogP) is 4.44. The topological polar surface area (TPSA) is 12.0 Å². The molecule has 0 bridgehead atoms. The Hall–Kier alpha value is -0.340. The van der Waals surface area contributed by atoms with Crippen LogP contribution in [0.5, 0.6) is 0 Å². The van der Waals surface area contributed by atoms with Crippen LogP contribution in [-0.4, -0.2) is 6.04 Å². The molecule has 0 saturated heterocycles. The summed E-state index contributed by atoms with van der Waals surface area (Å²) in [5.41, 5.74) is 1.45. The Balaban J connectivity index is 1.73. The molecule has 17 heavy (non-hydrogen) atoms. The van der Waals surface area contributed by atoms with Gasteiger partial charge in [-0.05, 0) is 53.5 Å². The second-order valence-electron chi connectivity index (χ2n) is 5.87. The lowest BCUT2D eigenvalue weighted by atomic mass is 9.81. The van der Waals surface area contributed by atoms with Crippen LogP contribution < -0.4 is 5.32 Å². The highest BCUT2D eigenvalue weighted by atomic mass is 32.1. The van der Waals surface area contributed by atoms with Gasteiger partial charge in [0.15, 0.2) is 0 Å². The fourth-order valence-electron chi connectivity index (χ4n) is 3.01. The van der Waals surface area contributed by atoms with Gasteiger partial charge in [-0.1, -0.05) is 26.7 Å². The smallest absolute Gasteiger partial charge is 0.0216 e. The van der Waals surface area contributed by atoms with Crippen molar-refractivity contribution in [2.75, 3.05) is 0 Å². The number of nitrogens with one attached hydrogen (secondary N) is 1. The zero-order valence-electron chi connectivity index (χ0n) is 11.1. The van der Waals surface area contributed by atoms with Crippen LogP contribution in [0, 0.1) is 11.8 Å². The lowest BCUT2D eigenvalue weighted by molar-refractivity contribution is 0.252. The SMILES string of the molecule is CC(C)CC1CCCC(NCc2ccsc2)C1. The van der Waals surface area contributed by atoms with Crippen molar-refractivity contribution in [3.8, 4) is 0 Å². The molecule has 0 aromatic carbocycles. The molecule has 2 heteroatoms. The van der Waals surface area contributed by atoms with E-state index in [0.717, 1.165) is 24.4 Å². The van der Waals surface area contributed by atoms with Gasteiger partial charge >= 0.3 is 0 Å². The van der Waals surface area contributed by atoms with Crippen LogP contribution in [0.4, 0.5) is 0 Å². The Morgan fingerprint density at radius 2 is 2.29 bits per heavy atom. The van der Waals surface area contributed by atoms with E-state index >= 15 is 0 Å². The maximum atomic E-state index is 3.73. The van der Waals surface area contributed by atoms with Crippen LogP contribution >= 0.6 is 11.3 Å². The number of hydrogen-bond donors (Lipinski definition) is 1. The van der Waals surface area contributed by atoms with E-state index in [2.05, 4.69) is 36.0 Å². The van der Waals surface area contributed by atoms with Gasteiger partial charge in [-0.15, -0.1) is 0 Å². The summed E-state index contributed by atoms with van der Waals surface area (Å²) in [6.45, 7) is 5.76. The van der Waals surface area contributed by atoms with Crippen molar-refractivity contribution in [2.24, 2.45) is 11.8 Å². The molecule has 0 amide bonds. The van der Waals surface area contributed by atoms with Gasteiger partial charge in [0.25, 0.3) is 0 Å². The Kier molecular flexibility index (Phi) is 5.05. The van der Waals surface area contributed by atoms with Crippen LogP contribution in [0.25, 0.3) is 0 Å². The summed E-state index contributed by atoms with van der Waals surface area (Å²) in [5, 5.41) is 8.15. The van der Waals surface area contributed by atoms with Crippen molar-refractivity contribution in [1.29, 1.82) is 0 Å². The molecule has 2 atom stereocenters. The van der Waals surface area contributed by atoms with Gasteiger partial charge in [0.1, 0.15) is 0 Å². The first-order valence-corrected chi connectivity index (χ1v) is 7.92. The Morgan fingerprint density at radius 3 is 3.00 bits per heavy atom. The number of hydrogen-bond acceptors (Lipinski definition) is 2. The van der Waals surface area contributed by atoms with Crippen molar-refractivity contribution in [1.82, 2.24) is 5.32 Å². The molecule has 1 aromatic rings. The molecule has 96 valence electrons. The van der Waals surface area contributed by atoms with Gasteiger partial charge in [0, 0.05) is 12.6 Å². The molecule has 1 aliphatic carbocycles. The Labute approximate surface area is 110 Å². The zero-order chi connectivity index (χ0) is 12.1. The van der Waals surface area contributed by atoms with E-state index in [1.54, 1.807) is 11.3 Å². The molecule has 0 spiro atoms. The average molecular weight is 251 g/mol. The molecule has 1 aromatic heterocycles. The molecular weight excluding hydrogens is 226 g/mol. The third kappa shape index (κ3) is 4.44. The lowest BCUT2D eigenvalue weighted by Gasteiger charge is -2.30. The first-order chi connectivity index (χ1) is 8.24. The summed E-state index contributed by atoms with van der Waals surface area (Å²) in [4.78, 5) is 0. The van der Waals surface area contributed by atoms with Crippen molar-refractivity contribution in [3.05, 3.63) is 22.4 Å². The number of rotatable bonds is 5. The maximum Gasteiger partial charge on any atom is 0.0216 e. The van der Waals surface area contributed by atoms with E-state index in [0.29, 0.717) is 0 Å². The summed E-state index contributed by atoms with van der Waals surface area (Å²) in [6.07, 6.45) is 7.05. The molecular formula is C15H25NS. The van der Waals surface area contributed by atoms with Crippen LogP contribution in [0.3, 0.4) is 0 Å². The minimum atomic E-state index is 0.757. The second-order valence-corrected chi connectivity index (χ2v) is 6.65. The molecule has 1 aliphatic rings. The van der Waals surface area contributed by atoms with E-state index in [1.807, 2.05) is 0 Å². The molecule has 1 nitrogen and oxygen atoms in total. The molecule has 2 unspecified atom stereocenters. The molecule has 0 aliphatic heterocycles. The Morgan fingerprint density at radius 1 is 1.41 bits per heavy atom. The fourth-order valence-corrected chi connectivity index (χ4v) is 3.68. The quantitative estimate of drug-likeness (QED) is 0.815. The summed E-state index contributed by atoms with van der Waals surface area (Å²) in [6, 6.07) is 2.99. The zero-order valence-corrected chi connectivity index (χ0v) is 11.9. The summed E-state index contributed by atoms with van der Waals surface area (Å²) >= 11 is 1.80. The van der Waals surface area contributed by atoms with Crippen LogP contribution in [0.15, 0.2) is 16.8 Å². The van der Waals surface area contributed by atoms with Gasteiger partial charge in [0.05, 0.1) is 0 Å². The standard InChI is InChI=1S/C15H25NS/c1-12(2)8-13-4-3-5-15(9-13)16-10-14-6-7-17-11-14/h6-7,11-13,15-16H,3-5,8-10H2,1-2H3. The first-order valence-electron chi connectivity index (χ1n) is 6.98. The maximum absolute atomic E-state index is 3.73. The second kappa shape index (κ2) is 6.55. The van der Waals surface area contributed by atoms with Crippen molar-refractivity contribution in [3.63, 3.8) is 0 Å². The van der Waals surface area contributed by atoms with Crippen molar-refractivity contribution >= 4 is 11.3 Å². The van der Waals surface area contributed by atoms with Crippen LogP contribution in [0.2, 0.25) is 0 Å². The van der Waals surface area contributed by atoms with Gasteiger partial charge in [-0.3, -0.25) is 0 Å². The van der Waals surface area contributed by atoms with E-state index < -0.39 is 0 Å². The molecule has 1 heterocycles. The molecule has 0 radical (unpaired) electrons. The van der Waals surface area contributed by atoms with E-state index in [9.17, 15) is 0 Å². The van der Waals surface area contributed by atoms with Gasteiger partial charge in [-0.25, -0.2) is 0 Å². The fraction of sp³-hybridized carbons (Fsp3) is 0.733. The lowest BCUT2D eigenvalue weighted by Crippen LogP contribution is -2.34. The van der Waals surface area contributed by atoms with Crippen molar-refractivity contribution < 1.29 is 0 Å². The number of thiophene rings is 1. The highest BCUT2D eigenvalue weighted by molar-refractivity contribution is 7.07. The molecule has 1 saturated carbocycles. The van der Waals surface area contributed by atoms with E-state index in [-0.39, 0.29) is 0 Å². The Bertz CT molecular complexity index is 305. The first kappa shape index (κ1) is 13.1. The largest absolute Gasteiger partial charge is 0.310 e. The molecule has 2 rings (SSSR count). The third-order valence-electron chi connectivity index (χ3n) is 3.76. The summed E-state index contributed by atoms with van der Waals surface area (Å²) < 4.78 is 0. The average Bonchev–Trinajstić information content (AvgIpc) is 2.79. The monoisotopic (exact) mass is 251 g/mol. The van der Waals surface area contributed by atoms with Gasteiger partial charge < -0.3 is 5.32 Å². The van der Waals surface area contributed by atoms with Crippen molar-refractivity contribution in [2.45, 2.75) is 58.5 Å². The van der Waals surface area contributed by atoms with E-state index in [4.69, 9.17) is 0 Å². The minimum Gasteiger partial charge on any atom is -0.310 e. The normalized spacial score (nSPS) is 25.4. The van der Waals surface area contributed by atoms with Crippen LogP contribution in [-0.2, 0) is 6.54 Å². The third-order valence-corrected chi connectivity index (χ3v) is 4.49. The van der Waals surface area contributed by atoms with Crippen LogP contribution in [0.1, 0.15) is 51.5 Å². The summed E-state index contributed by atoms with van der Waals surface area (Å²) in [5.74, 6) is 1.82. The van der Waals surface area contributed by atoms with Gasteiger partial charge in [-0.2, -0.15) is 11.3 Å². The van der Waals surface area contributed by atoms with Gasteiger partial charge in [0.2, 0.25) is 0 Å².